The number of esters is 3. The van der Waals surface area contributed by atoms with E-state index in [0.29, 0.717) is 5.56 Å². The first kappa shape index (κ1) is 32.0. The highest BCUT2D eigenvalue weighted by atomic mass is 16.7. The lowest BCUT2D eigenvalue weighted by Gasteiger charge is -2.44. The van der Waals surface area contributed by atoms with Crippen LogP contribution in [0.5, 0.6) is 0 Å². The summed E-state index contributed by atoms with van der Waals surface area (Å²) in [6.07, 6.45) is -7.23. The Hall–Kier alpha value is -4.24. The first-order valence-electron chi connectivity index (χ1n) is 12.1. The summed E-state index contributed by atoms with van der Waals surface area (Å²) in [5, 5.41) is 14.0. The largest absolute Gasteiger partial charge is 0.481 e. The minimum absolute atomic E-state index is 0.140. The molecule has 6 unspecified atom stereocenters. The Bertz CT molecular complexity index is 1060. The number of aliphatic carboxylic acids is 1. The Labute approximate surface area is 229 Å². The van der Waals surface area contributed by atoms with Crippen LogP contribution in [0.3, 0.4) is 0 Å². The van der Waals surface area contributed by atoms with Crippen LogP contribution < -0.4 is 10.6 Å². The molecule has 1 heterocycles. The second-order valence-corrected chi connectivity index (χ2v) is 8.62. The van der Waals surface area contributed by atoms with Crippen LogP contribution in [0.15, 0.2) is 30.3 Å². The molecule has 1 aliphatic rings. The van der Waals surface area contributed by atoms with Gasteiger partial charge in [0.2, 0.25) is 5.91 Å². The highest BCUT2D eigenvalue weighted by Crippen LogP contribution is 2.27. The molecule has 0 radical (unpaired) electrons. The number of carbonyl (C=O) groups excluding carboxylic acids is 5. The maximum Gasteiger partial charge on any atom is 0.408 e. The van der Waals surface area contributed by atoms with Crippen molar-refractivity contribution in [2.75, 3.05) is 13.7 Å². The smallest absolute Gasteiger partial charge is 0.408 e. The van der Waals surface area contributed by atoms with Crippen LogP contribution in [0.25, 0.3) is 0 Å². The van der Waals surface area contributed by atoms with Gasteiger partial charge >= 0.3 is 30.0 Å². The summed E-state index contributed by atoms with van der Waals surface area (Å²) < 4.78 is 31.7. The number of amides is 2. The second kappa shape index (κ2) is 15.4. The number of benzene rings is 1. The fraction of sp³-hybridized carbons (Fsp3) is 0.520. The van der Waals surface area contributed by atoms with Crippen molar-refractivity contribution >= 4 is 35.9 Å². The highest BCUT2D eigenvalue weighted by Gasteiger charge is 2.51. The Morgan fingerprint density at radius 2 is 1.55 bits per heavy atom. The van der Waals surface area contributed by atoms with Crippen LogP contribution in [-0.4, -0.2) is 91.4 Å². The van der Waals surface area contributed by atoms with E-state index < -0.39 is 85.6 Å². The number of carboxylic acid groups (broad SMARTS) is 1. The number of nitrogens with one attached hydrogen (secondary N) is 2. The topological polar surface area (TPSA) is 202 Å². The molecule has 1 aromatic carbocycles. The number of carbonyl (C=O) groups is 6. The third-order valence-corrected chi connectivity index (χ3v) is 5.44. The maximum atomic E-state index is 13.2. The molecule has 1 saturated heterocycles. The minimum atomic E-state index is -1.64. The van der Waals surface area contributed by atoms with E-state index in [-0.39, 0.29) is 6.61 Å². The van der Waals surface area contributed by atoms with Crippen LogP contribution in [0.2, 0.25) is 0 Å². The van der Waals surface area contributed by atoms with E-state index in [1.165, 1.54) is 7.11 Å². The van der Waals surface area contributed by atoms with Crippen LogP contribution in [0.1, 0.15) is 32.8 Å². The van der Waals surface area contributed by atoms with E-state index in [1.54, 1.807) is 30.3 Å². The van der Waals surface area contributed by atoms with Crippen molar-refractivity contribution in [1.82, 2.24) is 10.6 Å². The first-order valence-corrected chi connectivity index (χ1v) is 12.1. The van der Waals surface area contributed by atoms with E-state index in [1.807, 2.05) is 0 Å². The van der Waals surface area contributed by atoms with Crippen molar-refractivity contribution in [3.05, 3.63) is 35.9 Å². The van der Waals surface area contributed by atoms with Gasteiger partial charge in [0.25, 0.3) is 0 Å². The molecule has 40 heavy (non-hydrogen) atoms. The molecule has 2 rings (SSSR count). The Balaban J connectivity index is 2.27. The second-order valence-electron chi connectivity index (χ2n) is 8.62. The van der Waals surface area contributed by atoms with Crippen molar-refractivity contribution in [3.8, 4) is 0 Å². The van der Waals surface area contributed by atoms with Gasteiger partial charge in [0.05, 0.1) is 6.42 Å². The fourth-order valence-corrected chi connectivity index (χ4v) is 3.81. The standard InChI is InChI=1S/C25H32N2O13/c1-13(28)36-12-18-21(38-14(2)29)22(39-15(3)30)20(24(35-4)40-18)27-23(33)17(10-19(31)32)26-25(34)37-11-16-8-6-5-7-9-16/h5-9,17-18,20-22,24H,10-12H2,1-4H3,(H,26,34)(H,27,33)(H,31,32). The van der Waals surface area contributed by atoms with Crippen LogP contribution in [0, 0.1) is 0 Å². The van der Waals surface area contributed by atoms with Gasteiger partial charge in [0.1, 0.15) is 31.4 Å². The molecule has 6 atom stereocenters. The number of methoxy groups -OCH3 is 1. The Morgan fingerprint density at radius 1 is 0.925 bits per heavy atom. The molecular formula is C25H32N2O13. The molecule has 0 aromatic heterocycles. The molecular weight excluding hydrogens is 536 g/mol. The molecule has 1 aliphatic heterocycles. The van der Waals surface area contributed by atoms with Crippen molar-refractivity contribution < 1.29 is 62.3 Å². The van der Waals surface area contributed by atoms with E-state index in [2.05, 4.69) is 10.6 Å². The quantitative estimate of drug-likeness (QED) is 0.225. The van der Waals surface area contributed by atoms with Gasteiger partial charge in [-0.05, 0) is 5.56 Å². The third kappa shape index (κ3) is 10.1. The average Bonchev–Trinajstić information content (AvgIpc) is 2.88. The van der Waals surface area contributed by atoms with Crippen LogP contribution in [-0.2, 0) is 59.0 Å². The van der Waals surface area contributed by atoms with Crippen molar-refractivity contribution in [2.45, 2.75) is 70.5 Å². The Morgan fingerprint density at radius 3 is 2.10 bits per heavy atom. The summed E-state index contributed by atoms with van der Waals surface area (Å²) in [6, 6.07) is 5.63. The van der Waals surface area contributed by atoms with Gasteiger partial charge in [-0.3, -0.25) is 24.0 Å². The van der Waals surface area contributed by atoms with Crippen LogP contribution >= 0.6 is 0 Å². The molecule has 220 valence electrons. The molecule has 0 bridgehead atoms. The van der Waals surface area contributed by atoms with E-state index in [4.69, 9.17) is 28.4 Å². The fourth-order valence-electron chi connectivity index (χ4n) is 3.81. The first-order chi connectivity index (χ1) is 18.9. The predicted molar refractivity (Wildman–Crippen MR) is 131 cm³/mol. The number of carboxylic acids is 1. The van der Waals surface area contributed by atoms with Crippen molar-refractivity contribution in [1.29, 1.82) is 0 Å². The molecule has 15 heteroatoms. The lowest BCUT2D eigenvalue weighted by molar-refractivity contribution is -0.271. The van der Waals surface area contributed by atoms with Crippen LogP contribution in [0.4, 0.5) is 4.79 Å². The number of hydrogen-bond donors (Lipinski definition) is 3. The lowest BCUT2D eigenvalue weighted by Crippen LogP contribution is -2.68. The number of hydrogen-bond acceptors (Lipinski definition) is 12. The van der Waals surface area contributed by atoms with Gasteiger partial charge in [-0.1, -0.05) is 30.3 Å². The number of ether oxygens (including phenoxy) is 6. The lowest BCUT2D eigenvalue weighted by atomic mass is 9.95. The molecule has 2 amide bonds. The summed E-state index contributed by atoms with van der Waals surface area (Å²) in [4.78, 5) is 72.2. The van der Waals surface area contributed by atoms with E-state index >= 15 is 0 Å². The molecule has 1 aromatic rings. The minimum Gasteiger partial charge on any atom is -0.481 e. The zero-order valence-electron chi connectivity index (χ0n) is 22.3. The van der Waals surface area contributed by atoms with E-state index in [0.717, 1.165) is 20.8 Å². The predicted octanol–water partition coefficient (Wildman–Crippen LogP) is 0.0387. The zero-order chi connectivity index (χ0) is 29.8. The highest BCUT2D eigenvalue weighted by molar-refractivity contribution is 5.89. The molecule has 1 fully saturated rings. The summed E-state index contributed by atoms with van der Waals surface area (Å²) in [7, 11) is 1.21. The van der Waals surface area contributed by atoms with Gasteiger partial charge in [-0.2, -0.15) is 0 Å². The van der Waals surface area contributed by atoms with Gasteiger partial charge in [0, 0.05) is 27.9 Å². The van der Waals surface area contributed by atoms with Gasteiger partial charge < -0.3 is 44.2 Å². The van der Waals surface area contributed by atoms with Crippen molar-refractivity contribution in [3.63, 3.8) is 0 Å². The summed E-state index contributed by atoms with van der Waals surface area (Å²) in [6.45, 7) is 2.74. The van der Waals surface area contributed by atoms with Crippen molar-refractivity contribution in [2.24, 2.45) is 0 Å². The molecule has 0 aliphatic carbocycles. The van der Waals surface area contributed by atoms with Gasteiger partial charge in [-0.15, -0.1) is 0 Å². The summed E-state index contributed by atoms with van der Waals surface area (Å²) in [5.74, 6) is -4.73. The normalized spacial score (nSPS) is 22.6. The number of alkyl carbamates (subject to hydrolysis) is 1. The van der Waals surface area contributed by atoms with E-state index in [9.17, 15) is 33.9 Å². The molecule has 0 spiro atoms. The third-order valence-electron chi connectivity index (χ3n) is 5.44. The summed E-state index contributed by atoms with van der Waals surface area (Å²) in [5.41, 5.74) is 0.656. The summed E-state index contributed by atoms with van der Waals surface area (Å²) >= 11 is 0. The molecule has 0 saturated carbocycles. The average molecular weight is 569 g/mol. The monoisotopic (exact) mass is 568 g/mol. The zero-order valence-corrected chi connectivity index (χ0v) is 22.3. The maximum absolute atomic E-state index is 13.2. The Kier molecular flexibility index (Phi) is 12.3. The van der Waals surface area contributed by atoms with Gasteiger partial charge in [0.15, 0.2) is 18.5 Å². The molecule has 15 nitrogen and oxygen atoms in total. The SMILES string of the molecule is COC1OC(COC(C)=O)C(OC(C)=O)C(OC(C)=O)C1NC(=O)C(CC(=O)O)NC(=O)OCc1ccccc1. The van der Waals surface area contributed by atoms with Gasteiger partial charge in [-0.25, -0.2) is 4.79 Å². The number of rotatable bonds is 12. The molecule has 3 N–H and O–H groups in total.